The zero-order valence-corrected chi connectivity index (χ0v) is 15.8. The molecule has 1 aromatic heterocycles. The second-order valence-electron chi connectivity index (χ2n) is 6.38. The van der Waals surface area contributed by atoms with Crippen LogP contribution in [0.2, 0.25) is 0 Å². The van der Waals surface area contributed by atoms with Crippen molar-refractivity contribution in [3.63, 3.8) is 0 Å². The van der Waals surface area contributed by atoms with E-state index < -0.39 is 17.5 Å². The maximum atomic E-state index is 13.1. The number of hydrogen-bond acceptors (Lipinski definition) is 4. The molecule has 0 aliphatic rings. The summed E-state index contributed by atoms with van der Waals surface area (Å²) >= 11 is 0. The van der Waals surface area contributed by atoms with E-state index in [-0.39, 0.29) is 5.82 Å². The molecular weight excluding hydrogens is 361 g/mol. The molecule has 0 spiro atoms. The van der Waals surface area contributed by atoms with Gasteiger partial charge in [-0.05, 0) is 61.9 Å². The number of benzene rings is 2. The first-order valence-electron chi connectivity index (χ1n) is 8.70. The summed E-state index contributed by atoms with van der Waals surface area (Å²) in [4.78, 5) is 25.0. The molecule has 0 aliphatic heterocycles. The van der Waals surface area contributed by atoms with E-state index in [1.807, 2.05) is 13.0 Å². The number of carbonyl (C=O) groups is 1. The number of rotatable bonds is 5. The Morgan fingerprint density at radius 1 is 1.14 bits per heavy atom. The molecule has 0 saturated carbocycles. The van der Waals surface area contributed by atoms with Crippen LogP contribution in [0.5, 0.6) is 5.75 Å². The first-order valence-corrected chi connectivity index (χ1v) is 8.70. The topological polar surface area (TPSA) is 73.2 Å². The molecule has 7 heteroatoms. The van der Waals surface area contributed by atoms with Crippen molar-refractivity contribution in [3.8, 4) is 17.0 Å². The highest BCUT2D eigenvalue weighted by atomic mass is 19.1. The van der Waals surface area contributed by atoms with E-state index >= 15 is 0 Å². The third-order valence-electron chi connectivity index (χ3n) is 4.32. The maximum absolute atomic E-state index is 13.1. The predicted octanol–water partition coefficient (Wildman–Crippen LogP) is 3.57. The maximum Gasteiger partial charge on any atom is 0.267 e. The van der Waals surface area contributed by atoms with Crippen LogP contribution < -0.4 is 15.6 Å². The van der Waals surface area contributed by atoms with Gasteiger partial charge in [-0.1, -0.05) is 6.07 Å². The first-order chi connectivity index (χ1) is 13.4. The number of halogens is 1. The van der Waals surface area contributed by atoms with Gasteiger partial charge in [0.25, 0.3) is 5.56 Å². The number of ether oxygens (including phenoxy) is 1. The summed E-state index contributed by atoms with van der Waals surface area (Å²) in [5, 5.41) is 7.07. The standard InChI is InChI=1S/C21H20FN3O3/c1-13-4-10-19(28-3)18(12-13)23-21(27)14(2)25-20(26)11-9-17(24-25)15-5-7-16(22)8-6-15/h4-12,14H,1-3H3,(H,23,27). The number of nitrogens with one attached hydrogen (secondary N) is 1. The van der Waals surface area contributed by atoms with Gasteiger partial charge in [-0.3, -0.25) is 9.59 Å². The minimum atomic E-state index is -0.863. The van der Waals surface area contributed by atoms with Crippen molar-refractivity contribution in [2.75, 3.05) is 12.4 Å². The van der Waals surface area contributed by atoms with Gasteiger partial charge in [-0.2, -0.15) is 5.10 Å². The van der Waals surface area contributed by atoms with E-state index in [1.54, 1.807) is 37.3 Å². The quantitative estimate of drug-likeness (QED) is 0.733. The summed E-state index contributed by atoms with van der Waals surface area (Å²) in [5.41, 5.74) is 2.17. The number of anilines is 1. The van der Waals surface area contributed by atoms with Gasteiger partial charge >= 0.3 is 0 Å². The Labute approximate surface area is 161 Å². The Kier molecular flexibility index (Phi) is 5.54. The molecule has 0 bridgehead atoms. The second-order valence-corrected chi connectivity index (χ2v) is 6.38. The highest BCUT2D eigenvalue weighted by molar-refractivity contribution is 5.94. The predicted molar refractivity (Wildman–Crippen MR) is 105 cm³/mol. The Bertz CT molecular complexity index is 1060. The van der Waals surface area contributed by atoms with Crippen molar-refractivity contribution in [1.82, 2.24) is 9.78 Å². The lowest BCUT2D eigenvalue weighted by Crippen LogP contribution is -2.33. The molecule has 144 valence electrons. The van der Waals surface area contributed by atoms with Crippen molar-refractivity contribution >= 4 is 11.6 Å². The molecule has 0 saturated heterocycles. The van der Waals surface area contributed by atoms with Crippen molar-refractivity contribution < 1.29 is 13.9 Å². The summed E-state index contributed by atoms with van der Waals surface area (Å²) < 4.78 is 19.5. The molecule has 3 rings (SSSR count). The first kappa shape index (κ1) is 19.3. The number of amides is 1. The molecule has 1 unspecified atom stereocenters. The molecule has 1 N–H and O–H groups in total. The minimum Gasteiger partial charge on any atom is -0.495 e. The molecule has 2 aromatic carbocycles. The third-order valence-corrected chi connectivity index (χ3v) is 4.32. The number of aromatic nitrogens is 2. The van der Waals surface area contributed by atoms with Crippen molar-refractivity contribution in [2.24, 2.45) is 0 Å². The molecule has 1 amide bonds. The van der Waals surface area contributed by atoms with E-state index in [0.29, 0.717) is 22.7 Å². The molecular formula is C21H20FN3O3. The number of nitrogens with zero attached hydrogens (tertiary/aromatic N) is 2. The molecule has 6 nitrogen and oxygen atoms in total. The van der Waals surface area contributed by atoms with Gasteiger partial charge in [0, 0.05) is 11.6 Å². The molecule has 28 heavy (non-hydrogen) atoms. The van der Waals surface area contributed by atoms with Crippen LogP contribution in [0.4, 0.5) is 10.1 Å². The highest BCUT2D eigenvalue weighted by Crippen LogP contribution is 2.26. The fourth-order valence-corrected chi connectivity index (χ4v) is 2.75. The lowest BCUT2D eigenvalue weighted by atomic mass is 10.1. The molecule has 3 aromatic rings. The largest absolute Gasteiger partial charge is 0.495 e. The highest BCUT2D eigenvalue weighted by Gasteiger charge is 2.19. The third kappa shape index (κ3) is 4.09. The smallest absolute Gasteiger partial charge is 0.267 e. The van der Waals surface area contributed by atoms with E-state index in [9.17, 15) is 14.0 Å². The SMILES string of the molecule is COc1ccc(C)cc1NC(=O)C(C)n1nc(-c2ccc(F)cc2)ccc1=O. The fourth-order valence-electron chi connectivity index (χ4n) is 2.75. The second kappa shape index (κ2) is 8.04. The van der Waals surface area contributed by atoms with Gasteiger partial charge in [-0.15, -0.1) is 0 Å². The van der Waals surface area contributed by atoms with Gasteiger partial charge in [0.05, 0.1) is 18.5 Å². The average Bonchev–Trinajstić information content (AvgIpc) is 2.68. The lowest BCUT2D eigenvalue weighted by molar-refractivity contribution is -0.119. The van der Waals surface area contributed by atoms with Gasteiger partial charge in [0.15, 0.2) is 0 Å². The minimum absolute atomic E-state index is 0.364. The summed E-state index contributed by atoms with van der Waals surface area (Å²) in [6.07, 6.45) is 0. The normalized spacial score (nSPS) is 11.7. The Morgan fingerprint density at radius 2 is 1.86 bits per heavy atom. The lowest BCUT2D eigenvalue weighted by Gasteiger charge is -2.16. The van der Waals surface area contributed by atoms with Gasteiger partial charge in [0.1, 0.15) is 17.6 Å². The van der Waals surface area contributed by atoms with Crippen LogP contribution in [0.3, 0.4) is 0 Å². The summed E-state index contributed by atoms with van der Waals surface area (Å²) in [6.45, 7) is 3.48. The number of aryl methyl sites for hydroxylation is 1. The van der Waals surface area contributed by atoms with Gasteiger partial charge < -0.3 is 10.1 Å². The van der Waals surface area contributed by atoms with Crippen LogP contribution in [0.15, 0.2) is 59.4 Å². The molecule has 0 radical (unpaired) electrons. The van der Waals surface area contributed by atoms with Crippen LogP contribution in [0.25, 0.3) is 11.3 Å². The van der Waals surface area contributed by atoms with Gasteiger partial charge in [0.2, 0.25) is 5.91 Å². The van der Waals surface area contributed by atoms with Crippen molar-refractivity contribution in [3.05, 3.63) is 76.3 Å². The zero-order chi connectivity index (χ0) is 20.3. The van der Waals surface area contributed by atoms with E-state index in [2.05, 4.69) is 10.4 Å². The van der Waals surface area contributed by atoms with Crippen LogP contribution >= 0.6 is 0 Å². The van der Waals surface area contributed by atoms with Crippen molar-refractivity contribution in [2.45, 2.75) is 19.9 Å². The van der Waals surface area contributed by atoms with Crippen LogP contribution in [0.1, 0.15) is 18.5 Å². The summed E-state index contributed by atoms with van der Waals surface area (Å²) in [5.74, 6) is -0.252. The summed E-state index contributed by atoms with van der Waals surface area (Å²) in [7, 11) is 1.52. The number of carbonyl (C=O) groups excluding carboxylic acids is 1. The molecule has 0 fully saturated rings. The van der Waals surface area contributed by atoms with Crippen LogP contribution in [-0.2, 0) is 4.79 Å². The van der Waals surface area contributed by atoms with E-state index in [4.69, 9.17) is 4.74 Å². The molecule has 1 heterocycles. The molecule has 0 aliphatic carbocycles. The zero-order valence-electron chi connectivity index (χ0n) is 15.8. The molecule has 1 atom stereocenters. The summed E-state index contributed by atoms with van der Waals surface area (Å²) in [6, 6.07) is 13.2. The Balaban J connectivity index is 1.89. The monoisotopic (exact) mass is 381 g/mol. The Morgan fingerprint density at radius 3 is 2.54 bits per heavy atom. The Hall–Kier alpha value is -3.48. The van der Waals surface area contributed by atoms with Crippen LogP contribution in [0, 0.1) is 12.7 Å². The van der Waals surface area contributed by atoms with Crippen molar-refractivity contribution in [1.29, 1.82) is 0 Å². The van der Waals surface area contributed by atoms with E-state index in [0.717, 1.165) is 10.2 Å². The number of hydrogen-bond donors (Lipinski definition) is 1. The van der Waals surface area contributed by atoms with E-state index in [1.165, 1.54) is 25.3 Å². The van der Waals surface area contributed by atoms with Crippen LogP contribution in [-0.4, -0.2) is 22.8 Å². The average molecular weight is 381 g/mol. The van der Waals surface area contributed by atoms with Gasteiger partial charge in [-0.25, -0.2) is 9.07 Å². The number of methoxy groups -OCH3 is 1. The fraction of sp³-hybridized carbons (Fsp3) is 0.190.